The van der Waals surface area contributed by atoms with Crippen molar-refractivity contribution in [1.82, 2.24) is 0 Å². The molecule has 3 nitrogen and oxygen atoms in total. The quantitative estimate of drug-likeness (QED) is 0.160. The molecule has 0 radical (unpaired) electrons. The number of hydrogen-bond acceptors (Lipinski definition) is 3. The highest BCUT2D eigenvalue weighted by molar-refractivity contribution is 5.91. The predicted octanol–water partition coefficient (Wildman–Crippen LogP) is 8.18. The van der Waals surface area contributed by atoms with Gasteiger partial charge in [-0.3, -0.25) is 0 Å². The van der Waals surface area contributed by atoms with E-state index in [2.05, 4.69) is 45.0 Å². The molecule has 3 aromatic rings. The molecular formula is C30H36O3. The number of para-hydroxylation sites is 1. The van der Waals surface area contributed by atoms with Crippen LogP contribution in [0.3, 0.4) is 0 Å². The first-order valence-electron chi connectivity index (χ1n) is 12.2. The van der Waals surface area contributed by atoms with Crippen molar-refractivity contribution >= 4 is 5.97 Å². The first kappa shape index (κ1) is 24.7. The molecule has 0 spiro atoms. The predicted molar refractivity (Wildman–Crippen MR) is 136 cm³/mol. The van der Waals surface area contributed by atoms with Crippen molar-refractivity contribution in [2.24, 2.45) is 0 Å². The van der Waals surface area contributed by atoms with Gasteiger partial charge in [0.1, 0.15) is 5.75 Å². The maximum atomic E-state index is 12.7. The zero-order valence-corrected chi connectivity index (χ0v) is 20.2. The molecule has 0 aliphatic heterocycles. The van der Waals surface area contributed by atoms with Gasteiger partial charge in [0.25, 0.3) is 0 Å². The number of benzene rings is 3. The van der Waals surface area contributed by atoms with E-state index in [0.29, 0.717) is 11.3 Å². The fourth-order valence-electron chi connectivity index (χ4n) is 3.79. The number of unbranched alkanes of at least 4 members (excludes halogenated alkanes) is 3. The fraction of sp³-hybridized carbons (Fsp3) is 0.367. The fourth-order valence-corrected chi connectivity index (χ4v) is 3.79. The van der Waals surface area contributed by atoms with Crippen molar-refractivity contribution in [3.8, 4) is 16.9 Å². The molecule has 3 rings (SSSR count). The molecule has 1 unspecified atom stereocenters. The molecule has 1 atom stereocenters. The molecule has 0 aliphatic carbocycles. The highest BCUT2D eigenvalue weighted by Gasteiger charge is 2.12. The van der Waals surface area contributed by atoms with Crippen molar-refractivity contribution in [2.45, 2.75) is 65.4 Å². The van der Waals surface area contributed by atoms with Gasteiger partial charge in [-0.05, 0) is 66.6 Å². The van der Waals surface area contributed by atoms with E-state index in [9.17, 15) is 4.79 Å². The molecule has 0 fully saturated rings. The smallest absolute Gasteiger partial charge is 0.343 e. The molecule has 0 heterocycles. The Kier molecular flexibility index (Phi) is 9.71. The monoisotopic (exact) mass is 444 g/mol. The van der Waals surface area contributed by atoms with Crippen molar-refractivity contribution in [2.75, 3.05) is 6.61 Å². The maximum Gasteiger partial charge on any atom is 0.343 e. The minimum atomic E-state index is -0.324. The van der Waals surface area contributed by atoms with E-state index in [1.165, 1.54) is 18.4 Å². The Morgan fingerprint density at radius 1 is 0.788 bits per heavy atom. The molecule has 0 aliphatic rings. The van der Waals surface area contributed by atoms with E-state index < -0.39 is 0 Å². The van der Waals surface area contributed by atoms with Crippen molar-refractivity contribution in [3.05, 3.63) is 89.5 Å². The highest BCUT2D eigenvalue weighted by atomic mass is 16.5. The molecule has 0 aromatic heterocycles. The number of carbonyl (C=O) groups is 1. The van der Waals surface area contributed by atoms with Crippen molar-refractivity contribution in [1.29, 1.82) is 0 Å². The van der Waals surface area contributed by atoms with Crippen LogP contribution in [0.4, 0.5) is 0 Å². The van der Waals surface area contributed by atoms with Crippen LogP contribution in [0.5, 0.6) is 5.75 Å². The Balaban J connectivity index is 1.61. The van der Waals surface area contributed by atoms with Crippen LogP contribution < -0.4 is 4.74 Å². The maximum absolute atomic E-state index is 12.7. The van der Waals surface area contributed by atoms with Crippen LogP contribution >= 0.6 is 0 Å². The number of carbonyl (C=O) groups excluding carboxylic acids is 1. The summed E-state index contributed by atoms with van der Waals surface area (Å²) in [6.45, 7) is 7.26. The molecule has 174 valence electrons. The number of ether oxygens (including phenoxy) is 2. The molecular weight excluding hydrogens is 408 g/mol. The van der Waals surface area contributed by atoms with Crippen LogP contribution in [-0.4, -0.2) is 12.6 Å². The van der Waals surface area contributed by atoms with E-state index >= 15 is 0 Å². The van der Waals surface area contributed by atoms with Gasteiger partial charge in [0.15, 0.2) is 0 Å². The van der Waals surface area contributed by atoms with E-state index in [1.807, 2.05) is 48.5 Å². The summed E-state index contributed by atoms with van der Waals surface area (Å²) in [5.74, 6) is 0.330. The first-order chi connectivity index (χ1) is 16.1. The normalized spacial score (nSPS) is 11.8. The standard InChI is InChI=1S/C30H36O3/c1-4-6-10-22-32-23(3)24-14-16-25(17-15-24)26-18-20-28(21-19-26)30(31)33-29-13-9-8-12-27(29)11-7-5-2/h8-9,12-21,23H,4-7,10-11,22H2,1-3H3. The summed E-state index contributed by atoms with van der Waals surface area (Å²) < 4.78 is 11.7. The summed E-state index contributed by atoms with van der Waals surface area (Å²) in [5, 5.41) is 0. The van der Waals surface area contributed by atoms with Crippen LogP contribution in [0.15, 0.2) is 72.8 Å². The lowest BCUT2D eigenvalue weighted by Gasteiger charge is -2.14. The lowest BCUT2D eigenvalue weighted by Crippen LogP contribution is -2.09. The lowest BCUT2D eigenvalue weighted by molar-refractivity contribution is 0.0630. The second kappa shape index (κ2) is 13.0. The van der Waals surface area contributed by atoms with Crippen LogP contribution in [0.2, 0.25) is 0 Å². The average molecular weight is 445 g/mol. The molecule has 0 saturated carbocycles. The molecule has 0 saturated heterocycles. The van der Waals surface area contributed by atoms with Crippen LogP contribution in [-0.2, 0) is 11.2 Å². The summed E-state index contributed by atoms with van der Waals surface area (Å²) in [4.78, 5) is 12.7. The van der Waals surface area contributed by atoms with E-state index in [-0.39, 0.29) is 12.1 Å². The molecule has 0 amide bonds. The third-order valence-corrected chi connectivity index (χ3v) is 5.92. The Bertz CT molecular complexity index is 990. The number of esters is 1. The Labute approximate surface area is 198 Å². The number of rotatable bonds is 12. The van der Waals surface area contributed by atoms with Crippen LogP contribution in [0.25, 0.3) is 11.1 Å². The van der Waals surface area contributed by atoms with Gasteiger partial charge >= 0.3 is 5.97 Å². The van der Waals surface area contributed by atoms with Crippen LogP contribution in [0.1, 0.15) is 80.5 Å². The molecule has 3 heteroatoms. The minimum Gasteiger partial charge on any atom is -0.423 e. The summed E-state index contributed by atoms with van der Waals surface area (Å²) in [6.07, 6.45) is 6.71. The van der Waals surface area contributed by atoms with E-state index in [0.717, 1.165) is 49.0 Å². The second-order valence-corrected chi connectivity index (χ2v) is 8.52. The summed E-state index contributed by atoms with van der Waals surface area (Å²) in [6, 6.07) is 23.9. The van der Waals surface area contributed by atoms with Crippen molar-refractivity contribution in [3.63, 3.8) is 0 Å². The summed E-state index contributed by atoms with van der Waals surface area (Å²) in [5.41, 5.74) is 4.99. The molecule has 0 N–H and O–H groups in total. The van der Waals surface area contributed by atoms with Gasteiger partial charge < -0.3 is 9.47 Å². The van der Waals surface area contributed by atoms with Gasteiger partial charge in [-0.1, -0.05) is 87.7 Å². The third-order valence-electron chi connectivity index (χ3n) is 5.92. The van der Waals surface area contributed by atoms with E-state index in [1.54, 1.807) is 0 Å². The Hall–Kier alpha value is -2.91. The average Bonchev–Trinajstić information content (AvgIpc) is 2.86. The van der Waals surface area contributed by atoms with Crippen molar-refractivity contribution < 1.29 is 14.3 Å². The van der Waals surface area contributed by atoms with Gasteiger partial charge in [0, 0.05) is 6.61 Å². The highest BCUT2D eigenvalue weighted by Crippen LogP contribution is 2.25. The topological polar surface area (TPSA) is 35.5 Å². The van der Waals surface area contributed by atoms with Crippen LogP contribution in [0, 0.1) is 0 Å². The SMILES string of the molecule is CCCCCOC(C)c1ccc(-c2ccc(C(=O)Oc3ccccc3CCCC)cc2)cc1. The molecule has 3 aromatic carbocycles. The Morgan fingerprint density at radius 2 is 1.42 bits per heavy atom. The number of aryl methyl sites for hydroxylation is 1. The summed E-state index contributed by atoms with van der Waals surface area (Å²) in [7, 11) is 0. The summed E-state index contributed by atoms with van der Waals surface area (Å²) >= 11 is 0. The second-order valence-electron chi connectivity index (χ2n) is 8.52. The van der Waals surface area contributed by atoms with Gasteiger partial charge in [-0.15, -0.1) is 0 Å². The van der Waals surface area contributed by atoms with Gasteiger partial charge in [-0.25, -0.2) is 4.79 Å². The minimum absolute atomic E-state index is 0.0910. The third kappa shape index (κ3) is 7.30. The number of hydrogen-bond donors (Lipinski definition) is 0. The molecule has 33 heavy (non-hydrogen) atoms. The van der Waals surface area contributed by atoms with Gasteiger partial charge in [0.2, 0.25) is 0 Å². The van der Waals surface area contributed by atoms with Gasteiger partial charge in [0.05, 0.1) is 11.7 Å². The zero-order chi connectivity index (χ0) is 23.5. The first-order valence-corrected chi connectivity index (χ1v) is 12.2. The lowest BCUT2D eigenvalue weighted by atomic mass is 10.0. The zero-order valence-electron chi connectivity index (χ0n) is 20.2. The largest absolute Gasteiger partial charge is 0.423 e. The van der Waals surface area contributed by atoms with E-state index in [4.69, 9.17) is 9.47 Å². The van der Waals surface area contributed by atoms with Gasteiger partial charge in [-0.2, -0.15) is 0 Å². The molecule has 0 bridgehead atoms. The Morgan fingerprint density at radius 3 is 2.09 bits per heavy atom.